The topological polar surface area (TPSA) is 75.3 Å². The minimum Gasteiger partial charge on any atom is -0.326 e. The molecule has 0 bridgehead atoms. The van der Waals surface area contributed by atoms with Gasteiger partial charge in [-0.25, -0.2) is 13.1 Å². The van der Waals surface area contributed by atoms with Crippen molar-refractivity contribution in [1.29, 1.82) is 0 Å². The third kappa shape index (κ3) is 4.08. The minimum atomic E-state index is -3.66. The number of anilines is 1. The Morgan fingerprint density at radius 1 is 0.893 bits per heavy atom. The van der Waals surface area contributed by atoms with E-state index in [0.717, 1.165) is 35.7 Å². The maximum Gasteiger partial charge on any atom is 0.240 e. The van der Waals surface area contributed by atoms with Crippen molar-refractivity contribution >= 4 is 32.4 Å². The zero-order chi connectivity index (χ0) is 19.6. The fraction of sp³-hybridized carbons (Fsp3) is 0.227. The Balaban J connectivity index is 1.34. The van der Waals surface area contributed by atoms with Crippen LogP contribution in [0.3, 0.4) is 0 Å². The van der Waals surface area contributed by atoms with Crippen LogP contribution in [-0.2, 0) is 27.7 Å². The Kier molecular flexibility index (Phi) is 5.15. The Hall–Kier alpha value is -2.70. The van der Waals surface area contributed by atoms with E-state index in [4.69, 9.17) is 0 Å². The van der Waals surface area contributed by atoms with Gasteiger partial charge in [-0.05, 0) is 65.4 Å². The second kappa shape index (κ2) is 7.73. The van der Waals surface area contributed by atoms with Gasteiger partial charge in [-0.1, -0.05) is 36.4 Å². The van der Waals surface area contributed by atoms with Crippen LogP contribution in [0.25, 0.3) is 10.8 Å². The summed E-state index contributed by atoms with van der Waals surface area (Å²) < 4.78 is 27.5. The van der Waals surface area contributed by atoms with Gasteiger partial charge in [0.15, 0.2) is 0 Å². The van der Waals surface area contributed by atoms with Crippen molar-refractivity contribution in [2.75, 3.05) is 11.9 Å². The molecule has 0 heterocycles. The number of amides is 1. The van der Waals surface area contributed by atoms with Crippen LogP contribution in [0.1, 0.15) is 24.0 Å². The normalized spacial score (nSPS) is 13.4. The highest BCUT2D eigenvalue weighted by Gasteiger charge is 2.15. The van der Waals surface area contributed by atoms with Gasteiger partial charge < -0.3 is 5.32 Å². The number of sulfonamides is 1. The molecule has 1 amide bonds. The molecule has 144 valence electrons. The second-order valence-electron chi connectivity index (χ2n) is 7.04. The summed E-state index contributed by atoms with van der Waals surface area (Å²) in [6.07, 6.45) is 3.37. The third-order valence-electron chi connectivity index (χ3n) is 5.06. The predicted molar refractivity (Wildman–Crippen MR) is 111 cm³/mol. The van der Waals surface area contributed by atoms with E-state index in [1.54, 1.807) is 18.2 Å². The summed E-state index contributed by atoms with van der Waals surface area (Å²) in [6, 6.07) is 18.6. The third-order valence-corrected chi connectivity index (χ3v) is 6.52. The first-order valence-electron chi connectivity index (χ1n) is 9.41. The Bertz CT molecular complexity index is 1140. The molecule has 6 heteroatoms. The predicted octanol–water partition coefficient (Wildman–Crippen LogP) is 3.64. The monoisotopic (exact) mass is 394 g/mol. The quantitative estimate of drug-likeness (QED) is 0.670. The van der Waals surface area contributed by atoms with Gasteiger partial charge in [0.05, 0.1) is 4.90 Å². The van der Waals surface area contributed by atoms with Crippen LogP contribution in [0.2, 0.25) is 0 Å². The molecule has 5 nitrogen and oxygen atoms in total. The highest BCUT2D eigenvalue weighted by molar-refractivity contribution is 7.89. The maximum atomic E-state index is 12.5. The van der Waals surface area contributed by atoms with Crippen LogP contribution in [0.4, 0.5) is 5.69 Å². The van der Waals surface area contributed by atoms with Crippen LogP contribution >= 0.6 is 0 Å². The van der Waals surface area contributed by atoms with Gasteiger partial charge in [-0.3, -0.25) is 4.79 Å². The van der Waals surface area contributed by atoms with Crippen molar-refractivity contribution in [2.24, 2.45) is 0 Å². The molecule has 2 N–H and O–H groups in total. The van der Waals surface area contributed by atoms with E-state index in [-0.39, 0.29) is 23.8 Å². The summed E-state index contributed by atoms with van der Waals surface area (Å²) in [5.41, 5.74) is 3.40. The number of rotatable bonds is 6. The molecule has 0 aromatic heterocycles. The summed E-state index contributed by atoms with van der Waals surface area (Å²) in [5.74, 6) is -0.209. The molecule has 0 saturated carbocycles. The second-order valence-corrected chi connectivity index (χ2v) is 8.81. The zero-order valence-electron chi connectivity index (χ0n) is 15.4. The molecule has 1 aliphatic rings. The van der Waals surface area contributed by atoms with Crippen molar-refractivity contribution in [3.8, 4) is 0 Å². The molecule has 0 unspecified atom stereocenters. The largest absolute Gasteiger partial charge is 0.326 e. The van der Waals surface area contributed by atoms with Crippen LogP contribution in [-0.4, -0.2) is 20.9 Å². The maximum absolute atomic E-state index is 12.5. The number of benzene rings is 3. The molecule has 0 atom stereocenters. The Morgan fingerprint density at radius 2 is 1.68 bits per heavy atom. The SMILES string of the molecule is O=C(CCNS(=O)(=O)c1ccc2ccccc2c1)Nc1ccc2c(c1)CCC2. The molecule has 0 fully saturated rings. The molecule has 0 spiro atoms. The van der Waals surface area contributed by atoms with Gasteiger partial charge >= 0.3 is 0 Å². The van der Waals surface area contributed by atoms with Gasteiger partial charge in [0, 0.05) is 18.7 Å². The number of fused-ring (bicyclic) bond motifs is 2. The van der Waals surface area contributed by atoms with Gasteiger partial charge in [0.1, 0.15) is 0 Å². The molecule has 28 heavy (non-hydrogen) atoms. The lowest BCUT2D eigenvalue weighted by atomic mass is 10.1. The first kappa shape index (κ1) is 18.7. The van der Waals surface area contributed by atoms with E-state index >= 15 is 0 Å². The molecule has 4 rings (SSSR count). The van der Waals surface area contributed by atoms with Crippen LogP contribution in [0.15, 0.2) is 65.6 Å². The molecule has 0 aliphatic heterocycles. The van der Waals surface area contributed by atoms with E-state index in [0.29, 0.717) is 0 Å². The summed E-state index contributed by atoms with van der Waals surface area (Å²) in [7, 11) is -3.66. The van der Waals surface area contributed by atoms with E-state index in [1.165, 1.54) is 11.1 Å². The molecule has 3 aromatic rings. The summed E-state index contributed by atoms with van der Waals surface area (Å²) >= 11 is 0. The van der Waals surface area contributed by atoms with E-state index in [2.05, 4.69) is 16.1 Å². The Labute approximate surface area is 164 Å². The smallest absolute Gasteiger partial charge is 0.240 e. The van der Waals surface area contributed by atoms with Gasteiger partial charge in [0.25, 0.3) is 0 Å². The first-order valence-corrected chi connectivity index (χ1v) is 10.9. The average Bonchev–Trinajstić information content (AvgIpc) is 3.15. The number of nitrogens with one attached hydrogen (secondary N) is 2. The Morgan fingerprint density at radius 3 is 2.54 bits per heavy atom. The van der Waals surface area contributed by atoms with Crippen LogP contribution in [0.5, 0.6) is 0 Å². The standard InChI is InChI=1S/C22H22N2O3S/c25-22(24-20-10-8-17-6-3-7-18(17)14-20)12-13-23-28(26,27)21-11-9-16-4-1-2-5-19(16)15-21/h1-2,4-5,8-11,14-15,23H,3,6-7,12-13H2,(H,24,25). The number of carbonyl (C=O) groups excluding carboxylic acids is 1. The molecule has 1 aliphatic carbocycles. The highest BCUT2D eigenvalue weighted by atomic mass is 32.2. The molecule has 0 radical (unpaired) electrons. The van der Waals surface area contributed by atoms with Crippen LogP contribution in [0, 0.1) is 0 Å². The summed E-state index contributed by atoms with van der Waals surface area (Å²) in [6.45, 7) is 0.0476. The van der Waals surface area contributed by atoms with E-state index in [1.807, 2.05) is 36.4 Å². The molecule has 3 aromatic carbocycles. The lowest BCUT2D eigenvalue weighted by molar-refractivity contribution is -0.116. The first-order chi connectivity index (χ1) is 13.5. The highest BCUT2D eigenvalue weighted by Crippen LogP contribution is 2.25. The summed E-state index contributed by atoms with van der Waals surface area (Å²) in [4.78, 5) is 12.4. The fourth-order valence-corrected chi connectivity index (χ4v) is 4.66. The van der Waals surface area contributed by atoms with Crippen molar-refractivity contribution in [3.05, 3.63) is 71.8 Å². The van der Waals surface area contributed by atoms with Crippen molar-refractivity contribution in [3.63, 3.8) is 0 Å². The minimum absolute atomic E-state index is 0.0476. The fourth-order valence-electron chi connectivity index (χ4n) is 3.59. The average molecular weight is 394 g/mol. The molecular weight excluding hydrogens is 372 g/mol. The number of hydrogen-bond acceptors (Lipinski definition) is 3. The lowest BCUT2D eigenvalue weighted by Crippen LogP contribution is -2.27. The van der Waals surface area contributed by atoms with Gasteiger partial charge in [-0.2, -0.15) is 0 Å². The van der Waals surface area contributed by atoms with Crippen molar-refractivity contribution in [1.82, 2.24) is 4.72 Å². The number of aryl methyl sites for hydroxylation is 2. The lowest BCUT2D eigenvalue weighted by Gasteiger charge is -2.09. The number of carbonyl (C=O) groups is 1. The molecule has 0 saturated heterocycles. The zero-order valence-corrected chi connectivity index (χ0v) is 16.3. The number of hydrogen-bond donors (Lipinski definition) is 2. The van der Waals surface area contributed by atoms with Crippen molar-refractivity contribution < 1.29 is 13.2 Å². The van der Waals surface area contributed by atoms with E-state index in [9.17, 15) is 13.2 Å². The molecular formula is C22H22N2O3S. The van der Waals surface area contributed by atoms with Gasteiger partial charge in [-0.15, -0.1) is 0 Å². The summed E-state index contributed by atoms with van der Waals surface area (Å²) in [5, 5.41) is 4.69. The van der Waals surface area contributed by atoms with E-state index < -0.39 is 10.0 Å². The van der Waals surface area contributed by atoms with Crippen LogP contribution < -0.4 is 10.0 Å². The van der Waals surface area contributed by atoms with Gasteiger partial charge in [0.2, 0.25) is 15.9 Å². The van der Waals surface area contributed by atoms with Crippen molar-refractivity contribution in [2.45, 2.75) is 30.6 Å².